The highest BCUT2D eigenvalue weighted by molar-refractivity contribution is 5.89. The van der Waals surface area contributed by atoms with Crippen molar-refractivity contribution in [1.82, 2.24) is 0 Å². The predicted molar refractivity (Wildman–Crippen MR) is 203 cm³/mol. The average Bonchev–Trinajstić information content (AvgIpc) is 3.16. The Morgan fingerprint density at radius 1 is 0.385 bits per heavy atom. The number of benzene rings is 1. The summed E-state index contributed by atoms with van der Waals surface area (Å²) in [5.41, 5.74) is 0.526. The van der Waals surface area contributed by atoms with Crippen molar-refractivity contribution in [2.45, 2.75) is 110 Å². The summed E-state index contributed by atoms with van der Waals surface area (Å²) in [4.78, 5) is 23.7. The fourth-order valence-corrected chi connectivity index (χ4v) is 5.20. The molecule has 0 bridgehead atoms. The third-order valence-electron chi connectivity index (χ3n) is 8.18. The van der Waals surface area contributed by atoms with E-state index in [4.69, 9.17) is 42.6 Å². The van der Waals surface area contributed by atoms with Crippen molar-refractivity contribution in [3.05, 3.63) is 35.9 Å². The smallest absolute Gasteiger partial charge is 0.338 e. The molecule has 11 heteroatoms. The molecule has 0 aliphatic heterocycles. The van der Waals surface area contributed by atoms with Gasteiger partial charge in [0.2, 0.25) is 0 Å². The molecule has 1 rings (SSSR count). The normalized spacial score (nSPS) is 11.2. The lowest BCUT2D eigenvalue weighted by atomic mass is 10.0. The van der Waals surface area contributed by atoms with E-state index in [9.17, 15) is 9.59 Å². The minimum Gasteiger partial charge on any atom is -0.463 e. The van der Waals surface area contributed by atoms with E-state index >= 15 is 0 Å². The Morgan fingerprint density at radius 3 is 1.06 bits per heavy atom. The lowest BCUT2D eigenvalue weighted by Crippen LogP contribution is -2.15. The Hall–Kier alpha value is -2.12. The van der Waals surface area contributed by atoms with Crippen molar-refractivity contribution in [3.8, 4) is 0 Å². The van der Waals surface area contributed by atoms with Crippen molar-refractivity contribution in [3.63, 3.8) is 0 Å². The fraction of sp³-hybridized carbons (Fsp3) is 0.805. The molecule has 302 valence electrons. The third-order valence-corrected chi connectivity index (χ3v) is 8.18. The topological polar surface area (TPSA) is 117 Å². The van der Waals surface area contributed by atoms with Gasteiger partial charge in [-0.15, -0.1) is 0 Å². The second kappa shape index (κ2) is 40.1. The van der Waals surface area contributed by atoms with Gasteiger partial charge in [0.25, 0.3) is 0 Å². The summed E-state index contributed by atoms with van der Waals surface area (Å²) in [7, 11) is 0. The summed E-state index contributed by atoms with van der Waals surface area (Å²) in [5.74, 6) is -0.490. The summed E-state index contributed by atoms with van der Waals surface area (Å²) in [6, 6.07) is 8.86. The van der Waals surface area contributed by atoms with Gasteiger partial charge in [-0.25, -0.2) is 4.79 Å². The van der Waals surface area contributed by atoms with Crippen LogP contribution in [0.1, 0.15) is 120 Å². The Labute approximate surface area is 315 Å². The molecular weight excluding hydrogens is 668 g/mol. The van der Waals surface area contributed by atoms with Crippen molar-refractivity contribution in [2.75, 3.05) is 106 Å². The molecule has 0 radical (unpaired) electrons. The summed E-state index contributed by atoms with van der Waals surface area (Å²) in [5, 5.41) is 0. The van der Waals surface area contributed by atoms with Crippen molar-refractivity contribution >= 4 is 11.9 Å². The number of carbonyl (C=O) groups is 2. The van der Waals surface area contributed by atoms with Crippen LogP contribution in [0, 0.1) is 0 Å². The number of hydrogen-bond acceptors (Lipinski definition) is 11. The molecule has 0 fully saturated rings. The molecule has 0 heterocycles. The van der Waals surface area contributed by atoms with E-state index in [1.807, 2.05) is 6.07 Å². The maximum absolute atomic E-state index is 11.9. The van der Waals surface area contributed by atoms with E-state index in [2.05, 4.69) is 6.92 Å². The van der Waals surface area contributed by atoms with Gasteiger partial charge in [-0.05, 0) is 18.6 Å². The summed E-state index contributed by atoms with van der Waals surface area (Å²) < 4.78 is 48.6. The monoisotopic (exact) mass is 741 g/mol. The second-order valence-electron chi connectivity index (χ2n) is 12.7. The molecule has 0 atom stereocenters. The zero-order valence-electron chi connectivity index (χ0n) is 32.5. The van der Waals surface area contributed by atoms with Gasteiger partial charge < -0.3 is 42.6 Å². The van der Waals surface area contributed by atoms with Gasteiger partial charge in [0.15, 0.2) is 0 Å². The van der Waals surface area contributed by atoms with E-state index < -0.39 is 0 Å². The van der Waals surface area contributed by atoms with E-state index in [0.717, 1.165) is 12.8 Å². The standard InChI is InChI=1S/C41H72O11/c1-2-3-4-5-6-7-8-9-10-11-12-13-14-15-19-22-40(42)51-37-35-49-33-31-47-29-27-45-25-23-44-24-26-46-28-30-48-32-34-50-36-38-52-41(43)39-20-17-16-18-21-39/h16-18,20-21H,2-15,19,22-38H2,1H3. The summed E-state index contributed by atoms with van der Waals surface area (Å²) >= 11 is 0. The summed E-state index contributed by atoms with van der Waals surface area (Å²) in [6.07, 6.45) is 20.2. The van der Waals surface area contributed by atoms with Crippen LogP contribution in [-0.2, 0) is 47.4 Å². The van der Waals surface area contributed by atoms with E-state index in [1.165, 1.54) is 83.5 Å². The molecule has 1 aromatic rings. The van der Waals surface area contributed by atoms with Crippen LogP contribution in [0.5, 0.6) is 0 Å². The van der Waals surface area contributed by atoms with Gasteiger partial charge in [0.05, 0.1) is 98.1 Å². The molecule has 0 spiro atoms. The SMILES string of the molecule is CCCCCCCCCCCCCCCCCC(=O)OCCOCCOCCOCCOCCOCCOCCOCCOC(=O)c1ccccc1. The Morgan fingerprint density at radius 2 is 0.692 bits per heavy atom. The van der Waals surface area contributed by atoms with Crippen molar-refractivity contribution in [1.29, 1.82) is 0 Å². The molecular formula is C41H72O11. The Kier molecular flexibility index (Phi) is 36.9. The molecule has 0 aliphatic rings. The van der Waals surface area contributed by atoms with E-state index in [0.29, 0.717) is 104 Å². The molecule has 0 N–H and O–H groups in total. The minimum absolute atomic E-state index is 0.134. The predicted octanol–water partition coefficient (Wildman–Crippen LogP) is 7.76. The van der Waals surface area contributed by atoms with Crippen LogP contribution < -0.4 is 0 Å². The molecule has 0 saturated heterocycles. The number of unbranched alkanes of at least 4 members (excludes halogenated alkanes) is 14. The Balaban J connectivity index is 1.66. The van der Waals surface area contributed by atoms with E-state index in [-0.39, 0.29) is 25.2 Å². The average molecular weight is 741 g/mol. The summed E-state index contributed by atoms with van der Waals surface area (Å²) in [6.45, 7) is 9.07. The lowest BCUT2D eigenvalue weighted by Gasteiger charge is -2.09. The number of hydrogen-bond donors (Lipinski definition) is 0. The molecule has 0 saturated carbocycles. The molecule has 11 nitrogen and oxygen atoms in total. The Bertz CT molecular complexity index is 887. The second-order valence-corrected chi connectivity index (χ2v) is 12.7. The highest BCUT2D eigenvalue weighted by atomic mass is 16.6. The zero-order chi connectivity index (χ0) is 37.3. The van der Waals surface area contributed by atoms with Gasteiger partial charge >= 0.3 is 11.9 Å². The van der Waals surface area contributed by atoms with Gasteiger partial charge in [-0.3, -0.25) is 4.79 Å². The first kappa shape index (κ1) is 47.9. The number of ether oxygens (including phenoxy) is 9. The maximum atomic E-state index is 11.9. The molecule has 0 aromatic heterocycles. The van der Waals surface area contributed by atoms with Gasteiger partial charge in [-0.1, -0.05) is 115 Å². The first-order chi connectivity index (χ1) is 25.7. The van der Waals surface area contributed by atoms with Gasteiger partial charge in [0.1, 0.15) is 13.2 Å². The number of esters is 2. The van der Waals surface area contributed by atoms with Crippen LogP contribution in [0.3, 0.4) is 0 Å². The number of rotatable bonds is 41. The number of carbonyl (C=O) groups excluding carboxylic acids is 2. The van der Waals surface area contributed by atoms with E-state index in [1.54, 1.807) is 24.3 Å². The maximum Gasteiger partial charge on any atom is 0.338 e. The quantitative estimate of drug-likeness (QED) is 0.0484. The molecule has 1 aromatic carbocycles. The van der Waals surface area contributed by atoms with Crippen LogP contribution >= 0.6 is 0 Å². The zero-order valence-corrected chi connectivity index (χ0v) is 32.5. The first-order valence-corrected chi connectivity index (χ1v) is 20.2. The van der Waals surface area contributed by atoms with Crippen molar-refractivity contribution < 1.29 is 52.2 Å². The largest absolute Gasteiger partial charge is 0.463 e. The van der Waals surface area contributed by atoms with Crippen LogP contribution in [0.4, 0.5) is 0 Å². The fourth-order valence-electron chi connectivity index (χ4n) is 5.20. The van der Waals surface area contributed by atoms with Crippen molar-refractivity contribution in [2.24, 2.45) is 0 Å². The lowest BCUT2D eigenvalue weighted by molar-refractivity contribution is -0.145. The molecule has 0 aliphatic carbocycles. The van der Waals surface area contributed by atoms with Gasteiger partial charge in [-0.2, -0.15) is 0 Å². The first-order valence-electron chi connectivity index (χ1n) is 20.2. The van der Waals surface area contributed by atoms with Crippen LogP contribution in [0.2, 0.25) is 0 Å². The van der Waals surface area contributed by atoms with Crippen LogP contribution in [-0.4, -0.2) is 118 Å². The molecule has 0 amide bonds. The van der Waals surface area contributed by atoms with Gasteiger partial charge in [0, 0.05) is 6.42 Å². The van der Waals surface area contributed by atoms with Crippen LogP contribution in [0.15, 0.2) is 30.3 Å². The highest BCUT2D eigenvalue weighted by Crippen LogP contribution is 2.14. The minimum atomic E-state index is -0.356. The third kappa shape index (κ3) is 34.9. The molecule has 52 heavy (non-hydrogen) atoms. The molecule has 0 unspecified atom stereocenters. The van der Waals surface area contributed by atoms with Crippen LogP contribution in [0.25, 0.3) is 0 Å². The highest BCUT2D eigenvalue weighted by Gasteiger charge is 2.05.